The molecule has 4 fully saturated rings. The van der Waals surface area contributed by atoms with Gasteiger partial charge in [0.05, 0.1) is 19.4 Å². The van der Waals surface area contributed by atoms with E-state index in [1.165, 1.54) is 83.5 Å². The molecule has 4 aliphatic rings. The zero-order valence-electron chi connectivity index (χ0n) is 20.0. The summed E-state index contributed by atoms with van der Waals surface area (Å²) in [7, 11) is -2.92. The molecule has 0 amide bonds. The van der Waals surface area contributed by atoms with Gasteiger partial charge in [-0.2, -0.15) is 0 Å². The Balaban J connectivity index is 1.34. The molecular formula is C26H49O3P. The van der Waals surface area contributed by atoms with Gasteiger partial charge in [-0.05, 0) is 81.0 Å². The molecule has 4 heteroatoms. The van der Waals surface area contributed by atoms with E-state index in [0.29, 0.717) is 24.8 Å². The first-order valence-corrected chi connectivity index (χ1v) is 15.2. The predicted molar refractivity (Wildman–Crippen MR) is 127 cm³/mol. The summed E-state index contributed by atoms with van der Waals surface area (Å²) in [6, 6.07) is 0. The molecule has 4 rings (SSSR count). The maximum Gasteiger partial charge on any atom is 0.330 e. The number of hydrogen-bond acceptors (Lipinski definition) is 3. The summed E-state index contributed by atoms with van der Waals surface area (Å²) >= 11 is 0. The first kappa shape index (κ1) is 24.8. The van der Waals surface area contributed by atoms with Crippen LogP contribution in [0.5, 0.6) is 0 Å². The van der Waals surface area contributed by atoms with Crippen molar-refractivity contribution >= 4 is 7.60 Å². The second-order valence-electron chi connectivity index (χ2n) is 11.0. The number of rotatable bonds is 17. The highest BCUT2D eigenvalue weighted by Crippen LogP contribution is 2.61. The zero-order chi connectivity index (χ0) is 21.3. The molecule has 0 aromatic carbocycles. The second-order valence-corrected chi connectivity index (χ2v) is 13.2. The summed E-state index contributed by atoms with van der Waals surface area (Å²) in [5, 5.41) is 0. The van der Waals surface area contributed by atoms with Crippen LogP contribution in [0.4, 0.5) is 0 Å². The summed E-state index contributed by atoms with van der Waals surface area (Å²) in [6.07, 6.45) is 22.6. The maximum atomic E-state index is 13.3. The van der Waals surface area contributed by atoms with Crippen LogP contribution >= 0.6 is 7.60 Å². The summed E-state index contributed by atoms with van der Waals surface area (Å²) in [6.45, 7) is 5.66. The fourth-order valence-electron chi connectivity index (χ4n) is 6.96. The van der Waals surface area contributed by atoms with Crippen LogP contribution in [0.15, 0.2) is 0 Å². The minimum atomic E-state index is -2.92. The van der Waals surface area contributed by atoms with Crippen LogP contribution in [0.2, 0.25) is 0 Å². The smallest absolute Gasteiger partial charge is 0.309 e. The van der Waals surface area contributed by atoms with Crippen molar-refractivity contribution in [2.45, 2.75) is 123 Å². The monoisotopic (exact) mass is 440 g/mol. The van der Waals surface area contributed by atoms with Crippen molar-refractivity contribution in [2.24, 2.45) is 23.2 Å². The third-order valence-electron chi connectivity index (χ3n) is 8.16. The van der Waals surface area contributed by atoms with E-state index < -0.39 is 7.60 Å². The van der Waals surface area contributed by atoms with Crippen LogP contribution in [0.25, 0.3) is 0 Å². The lowest BCUT2D eigenvalue weighted by atomic mass is 9.49. The molecular weight excluding hydrogens is 391 g/mol. The molecule has 0 radical (unpaired) electrons. The number of unbranched alkanes of at least 4 members (excludes halogenated alkanes) is 8. The van der Waals surface area contributed by atoms with Gasteiger partial charge in [-0.15, -0.1) is 0 Å². The largest absolute Gasteiger partial charge is 0.330 e. The molecule has 0 aliphatic heterocycles. The molecule has 4 saturated carbocycles. The quantitative estimate of drug-likeness (QED) is 0.167. The highest BCUT2D eigenvalue weighted by Gasteiger charge is 2.50. The third kappa shape index (κ3) is 7.63. The van der Waals surface area contributed by atoms with Crippen molar-refractivity contribution < 1.29 is 13.6 Å². The lowest BCUT2D eigenvalue weighted by Gasteiger charge is -2.57. The van der Waals surface area contributed by atoms with Gasteiger partial charge in [0.15, 0.2) is 0 Å². The first-order valence-electron chi connectivity index (χ1n) is 13.4. The Morgan fingerprint density at radius 3 is 1.77 bits per heavy atom. The first-order chi connectivity index (χ1) is 14.6. The minimum absolute atomic E-state index is 0.502. The predicted octanol–water partition coefficient (Wildman–Crippen LogP) is 8.76. The van der Waals surface area contributed by atoms with Crippen LogP contribution in [-0.4, -0.2) is 19.4 Å². The molecule has 3 nitrogen and oxygen atoms in total. The van der Waals surface area contributed by atoms with Crippen LogP contribution in [0.3, 0.4) is 0 Å². The van der Waals surface area contributed by atoms with E-state index in [4.69, 9.17) is 9.05 Å². The van der Waals surface area contributed by atoms with Gasteiger partial charge in [-0.3, -0.25) is 4.57 Å². The van der Waals surface area contributed by atoms with E-state index in [1.54, 1.807) is 0 Å². The summed E-state index contributed by atoms with van der Waals surface area (Å²) in [4.78, 5) is 0. The molecule has 4 aliphatic carbocycles. The SMILES string of the molecule is CCCCCCCCCCOP(=O)(CCCC)OCCC12CC3CC(CC(C3)C1)C2. The van der Waals surface area contributed by atoms with E-state index in [2.05, 4.69) is 13.8 Å². The fourth-order valence-corrected chi connectivity index (χ4v) is 8.77. The Morgan fingerprint density at radius 1 is 0.700 bits per heavy atom. The van der Waals surface area contributed by atoms with Gasteiger partial charge in [0, 0.05) is 0 Å². The average Bonchev–Trinajstić information content (AvgIpc) is 2.70. The molecule has 0 aromatic rings. The highest BCUT2D eigenvalue weighted by atomic mass is 31.2. The van der Waals surface area contributed by atoms with E-state index >= 15 is 0 Å². The number of hydrogen-bond donors (Lipinski definition) is 0. The van der Waals surface area contributed by atoms with Gasteiger partial charge in [0.1, 0.15) is 0 Å². The lowest BCUT2D eigenvalue weighted by molar-refractivity contribution is -0.0628. The second kappa shape index (κ2) is 12.4. The standard InChI is InChI=1S/C26H49O3P/c1-3-5-7-8-9-10-11-12-14-28-30(27,16-6-4-2)29-15-13-26-20-23-17-24(21-26)19-25(18-23)22-26/h23-25H,3-22H2,1-2H3. The molecule has 0 spiro atoms. The zero-order valence-corrected chi connectivity index (χ0v) is 20.9. The molecule has 0 saturated heterocycles. The minimum Gasteiger partial charge on any atom is -0.309 e. The van der Waals surface area contributed by atoms with Crippen LogP contribution < -0.4 is 0 Å². The van der Waals surface area contributed by atoms with E-state index in [-0.39, 0.29) is 0 Å². The van der Waals surface area contributed by atoms with Crippen molar-refractivity contribution in [1.82, 2.24) is 0 Å². The maximum absolute atomic E-state index is 13.3. The van der Waals surface area contributed by atoms with Crippen molar-refractivity contribution in [3.05, 3.63) is 0 Å². The van der Waals surface area contributed by atoms with Gasteiger partial charge in [-0.25, -0.2) is 0 Å². The van der Waals surface area contributed by atoms with Crippen molar-refractivity contribution in [1.29, 1.82) is 0 Å². The van der Waals surface area contributed by atoms with Crippen molar-refractivity contribution in [2.75, 3.05) is 19.4 Å². The third-order valence-corrected chi connectivity index (χ3v) is 10.2. The lowest BCUT2D eigenvalue weighted by Crippen LogP contribution is -2.46. The average molecular weight is 441 g/mol. The Hall–Kier alpha value is 0.150. The van der Waals surface area contributed by atoms with Gasteiger partial charge in [-0.1, -0.05) is 65.2 Å². The summed E-state index contributed by atoms with van der Waals surface area (Å²) in [5.41, 5.74) is 0.502. The normalized spacial score (nSPS) is 31.9. The van der Waals surface area contributed by atoms with E-state index in [0.717, 1.165) is 43.4 Å². The molecule has 0 heterocycles. The van der Waals surface area contributed by atoms with Gasteiger partial charge < -0.3 is 9.05 Å². The van der Waals surface area contributed by atoms with E-state index in [9.17, 15) is 4.57 Å². The van der Waals surface area contributed by atoms with E-state index in [1.807, 2.05) is 0 Å². The van der Waals surface area contributed by atoms with Gasteiger partial charge >= 0.3 is 7.60 Å². The van der Waals surface area contributed by atoms with Crippen LogP contribution in [0, 0.1) is 23.2 Å². The fraction of sp³-hybridized carbons (Fsp3) is 1.00. The highest BCUT2D eigenvalue weighted by molar-refractivity contribution is 7.53. The van der Waals surface area contributed by atoms with Crippen molar-refractivity contribution in [3.8, 4) is 0 Å². The summed E-state index contributed by atoms with van der Waals surface area (Å²) < 4.78 is 25.3. The molecule has 30 heavy (non-hydrogen) atoms. The Labute approximate surface area is 187 Å². The van der Waals surface area contributed by atoms with Gasteiger partial charge in [0.25, 0.3) is 0 Å². The Kier molecular flexibility index (Phi) is 10.2. The molecule has 1 unspecified atom stereocenters. The van der Waals surface area contributed by atoms with Crippen LogP contribution in [0.1, 0.15) is 123 Å². The molecule has 0 aromatic heterocycles. The Morgan fingerprint density at radius 2 is 1.20 bits per heavy atom. The Bertz CT molecular complexity index is 497. The van der Waals surface area contributed by atoms with Gasteiger partial charge in [0.2, 0.25) is 0 Å². The molecule has 4 bridgehead atoms. The molecule has 1 atom stereocenters. The molecule has 0 N–H and O–H groups in total. The van der Waals surface area contributed by atoms with Crippen molar-refractivity contribution in [3.63, 3.8) is 0 Å². The molecule has 176 valence electrons. The van der Waals surface area contributed by atoms with Crippen LogP contribution in [-0.2, 0) is 13.6 Å². The topological polar surface area (TPSA) is 35.5 Å². The summed E-state index contributed by atoms with van der Waals surface area (Å²) in [5.74, 6) is 2.92.